The predicted octanol–water partition coefficient (Wildman–Crippen LogP) is 1.90. The molecule has 0 aromatic heterocycles. The number of hydrogen-bond donors (Lipinski definition) is 1. The van der Waals surface area contributed by atoms with Crippen molar-refractivity contribution < 1.29 is 19.4 Å². The maximum Gasteiger partial charge on any atom is 0.332 e. The standard InChI is InChI=1S/C15H23NO4S/c17-13(11-4-5-12(20-11)14(18)19)16-8-9-21-15(10-16)6-2-1-3-7-15/h11-12H,1-10H2,(H,18,19)/t11-,12+/m0/s1. The molecule has 21 heavy (non-hydrogen) atoms. The van der Waals surface area contributed by atoms with Gasteiger partial charge < -0.3 is 14.7 Å². The smallest absolute Gasteiger partial charge is 0.332 e. The lowest BCUT2D eigenvalue weighted by atomic mass is 9.87. The Hall–Kier alpha value is -0.750. The van der Waals surface area contributed by atoms with Gasteiger partial charge in [0, 0.05) is 23.6 Å². The Kier molecular flexibility index (Phi) is 4.45. The molecule has 2 atom stereocenters. The zero-order valence-corrected chi connectivity index (χ0v) is 13.1. The predicted molar refractivity (Wildman–Crippen MR) is 80.4 cm³/mol. The Morgan fingerprint density at radius 2 is 1.86 bits per heavy atom. The van der Waals surface area contributed by atoms with Gasteiger partial charge in [-0.15, -0.1) is 0 Å². The van der Waals surface area contributed by atoms with Crippen molar-refractivity contribution in [2.45, 2.75) is 61.9 Å². The average Bonchev–Trinajstić information content (AvgIpc) is 2.97. The first-order valence-electron chi connectivity index (χ1n) is 7.91. The molecule has 0 bridgehead atoms. The van der Waals surface area contributed by atoms with E-state index in [1.54, 1.807) is 0 Å². The van der Waals surface area contributed by atoms with Crippen LogP contribution in [0.2, 0.25) is 0 Å². The SMILES string of the molecule is O=C(O)[C@H]1CC[C@@H](C(=O)N2CCSC3(CCCCC3)C2)O1. The van der Waals surface area contributed by atoms with Crippen molar-refractivity contribution in [3.8, 4) is 0 Å². The molecule has 0 aromatic rings. The van der Waals surface area contributed by atoms with Crippen LogP contribution < -0.4 is 0 Å². The summed E-state index contributed by atoms with van der Waals surface area (Å²) in [5.74, 6) is 0.0353. The van der Waals surface area contributed by atoms with Gasteiger partial charge in [-0.3, -0.25) is 4.79 Å². The van der Waals surface area contributed by atoms with Crippen molar-refractivity contribution in [2.75, 3.05) is 18.8 Å². The van der Waals surface area contributed by atoms with E-state index in [0.717, 1.165) is 18.8 Å². The van der Waals surface area contributed by atoms with E-state index in [1.807, 2.05) is 16.7 Å². The van der Waals surface area contributed by atoms with E-state index in [2.05, 4.69) is 0 Å². The number of carboxylic acid groups (broad SMARTS) is 1. The number of thioether (sulfide) groups is 1. The summed E-state index contributed by atoms with van der Waals surface area (Å²) in [5.41, 5.74) is 0. The molecule has 2 aliphatic heterocycles. The number of nitrogens with zero attached hydrogens (tertiary/aromatic N) is 1. The minimum atomic E-state index is -0.955. The van der Waals surface area contributed by atoms with Crippen LogP contribution in [0.3, 0.4) is 0 Å². The van der Waals surface area contributed by atoms with Crippen molar-refractivity contribution in [3.63, 3.8) is 0 Å². The zero-order valence-electron chi connectivity index (χ0n) is 12.3. The first-order chi connectivity index (χ1) is 10.1. The van der Waals surface area contributed by atoms with Crippen LogP contribution in [0, 0.1) is 0 Å². The highest BCUT2D eigenvalue weighted by Crippen LogP contribution is 2.43. The number of amides is 1. The second-order valence-corrected chi connectivity index (χ2v) is 7.94. The fourth-order valence-electron chi connectivity index (χ4n) is 3.74. The van der Waals surface area contributed by atoms with Gasteiger partial charge in [-0.2, -0.15) is 11.8 Å². The maximum absolute atomic E-state index is 12.6. The summed E-state index contributed by atoms with van der Waals surface area (Å²) in [6, 6.07) is 0. The van der Waals surface area contributed by atoms with Gasteiger partial charge in [-0.1, -0.05) is 19.3 Å². The lowest BCUT2D eigenvalue weighted by molar-refractivity contribution is -0.155. The third-order valence-electron chi connectivity index (χ3n) is 4.90. The molecule has 0 aromatic carbocycles. The van der Waals surface area contributed by atoms with E-state index in [1.165, 1.54) is 32.1 Å². The highest BCUT2D eigenvalue weighted by molar-refractivity contribution is 8.00. The Morgan fingerprint density at radius 3 is 2.52 bits per heavy atom. The van der Waals surface area contributed by atoms with Crippen molar-refractivity contribution in [2.24, 2.45) is 0 Å². The molecule has 1 saturated carbocycles. The average molecular weight is 313 g/mol. The van der Waals surface area contributed by atoms with Gasteiger partial charge in [0.05, 0.1) is 0 Å². The lowest BCUT2D eigenvalue weighted by Gasteiger charge is -2.45. The Bertz CT molecular complexity index is 416. The van der Waals surface area contributed by atoms with Crippen LogP contribution in [0.5, 0.6) is 0 Å². The molecule has 1 aliphatic carbocycles. The second-order valence-electron chi connectivity index (χ2n) is 6.38. The van der Waals surface area contributed by atoms with Crippen LogP contribution >= 0.6 is 11.8 Å². The van der Waals surface area contributed by atoms with Gasteiger partial charge in [0.25, 0.3) is 5.91 Å². The molecule has 118 valence electrons. The fraction of sp³-hybridized carbons (Fsp3) is 0.867. The van der Waals surface area contributed by atoms with E-state index in [0.29, 0.717) is 12.8 Å². The largest absolute Gasteiger partial charge is 0.479 e. The monoisotopic (exact) mass is 313 g/mol. The third-order valence-corrected chi connectivity index (χ3v) is 6.43. The molecule has 3 aliphatic rings. The minimum Gasteiger partial charge on any atom is -0.479 e. The molecule has 0 radical (unpaired) electrons. The first kappa shape index (κ1) is 15.2. The molecular formula is C15H23NO4S. The molecule has 1 N–H and O–H groups in total. The molecule has 3 fully saturated rings. The van der Waals surface area contributed by atoms with Crippen LogP contribution in [0.1, 0.15) is 44.9 Å². The highest BCUT2D eigenvalue weighted by Gasteiger charge is 2.42. The number of hydrogen-bond acceptors (Lipinski definition) is 4. The quantitative estimate of drug-likeness (QED) is 0.843. The zero-order chi connectivity index (χ0) is 14.9. The number of aliphatic carboxylic acids is 1. The summed E-state index contributed by atoms with van der Waals surface area (Å²) in [5, 5.41) is 8.97. The number of rotatable bonds is 2. The molecule has 6 heteroatoms. The van der Waals surface area contributed by atoms with Gasteiger partial charge in [-0.05, 0) is 25.7 Å². The first-order valence-corrected chi connectivity index (χ1v) is 8.89. The Balaban J connectivity index is 1.61. The van der Waals surface area contributed by atoms with Gasteiger partial charge in [0.1, 0.15) is 6.10 Å². The highest BCUT2D eigenvalue weighted by atomic mass is 32.2. The summed E-state index contributed by atoms with van der Waals surface area (Å²) in [4.78, 5) is 25.5. The third kappa shape index (κ3) is 3.21. The Morgan fingerprint density at radius 1 is 1.14 bits per heavy atom. The van der Waals surface area contributed by atoms with Crippen LogP contribution in [0.4, 0.5) is 0 Å². The van der Waals surface area contributed by atoms with Crippen molar-refractivity contribution >= 4 is 23.6 Å². The summed E-state index contributed by atoms with van der Waals surface area (Å²) in [7, 11) is 0. The fourth-order valence-corrected chi connectivity index (χ4v) is 5.30. The maximum atomic E-state index is 12.6. The number of carbonyl (C=O) groups excluding carboxylic acids is 1. The van der Waals surface area contributed by atoms with Crippen molar-refractivity contribution in [1.82, 2.24) is 4.90 Å². The molecule has 0 unspecified atom stereocenters. The summed E-state index contributed by atoms with van der Waals surface area (Å²) < 4.78 is 5.66. The molecular weight excluding hydrogens is 290 g/mol. The van der Waals surface area contributed by atoms with E-state index in [-0.39, 0.29) is 10.7 Å². The summed E-state index contributed by atoms with van der Waals surface area (Å²) in [6.45, 7) is 1.58. The van der Waals surface area contributed by atoms with Gasteiger partial charge in [-0.25, -0.2) is 4.79 Å². The van der Waals surface area contributed by atoms with Gasteiger partial charge in [0.2, 0.25) is 0 Å². The summed E-state index contributed by atoms with van der Waals surface area (Å²) in [6.07, 6.45) is 5.85. The van der Waals surface area contributed by atoms with E-state index < -0.39 is 18.2 Å². The molecule has 2 heterocycles. The van der Waals surface area contributed by atoms with Crippen LogP contribution in [-0.4, -0.2) is 57.7 Å². The van der Waals surface area contributed by atoms with Crippen molar-refractivity contribution in [1.29, 1.82) is 0 Å². The Labute approximate surface area is 129 Å². The number of ether oxygens (including phenoxy) is 1. The molecule has 2 saturated heterocycles. The summed E-state index contributed by atoms with van der Waals surface area (Å²) >= 11 is 2.03. The van der Waals surface area contributed by atoms with Crippen LogP contribution in [0.15, 0.2) is 0 Å². The second kappa shape index (κ2) is 6.16. The van der Waals surface area contributed by atoms with Crippen LogP contribution in [0.25, 0.3) is 0 Å². The van der Waals surface area contributed by atoms with Crippen LogP contribution in [-0.2, 0) is 14.3 Å². The van der Waals surface area contributed by atoms with E-state index >= 15 is 0 Å². The van der Waals surface area contributed by atoms with E-state index in [9.17, 15) is 9.59 Å². The number of carboxylic acids is 1. The minimum absolute atomic E-state index is 0.00370. The number of carbonyl (C=O) groups is 2. The molecule has 1 amide bonds. The van der Waals surface area contributed by atoms with Crippen molar-refractivity contribution in [3.05, 3.63) is 0 Å². The molecule has 5 nitrogen and oxygen atoms in total. The van der Waals surface area contributed by atoms with Gasteiger partial charge in [0.15, 0.2) is 6.10 Å². The lowest BCUT2D eigenvalue weighted by Crippen LogP contribution is -2.52. The molecule has 3 rings (SSSR count). The van der Waals surface area contributed by atoms with E-state index in [4.69, 9.17) is 9.84 Å². The molecule has 1 spiro atoms. The van der Waals surface area contributed by atoms with Gasteiger partial charge >= 0.3 is 5.97 Å². The topological polar surface area (TPSA) is 66.8 Å². The normalized spacial score (nSPS) is 32.3.